The molecule has 0 amide bonds. The van der Waals surface area contributed by atoms with Gasteiger partial charge in [0.25, 0.3) is 0 Å². The van der Waals surface area contributed by atoms with E-state index >= 15 is 0 Å². The van der Waals surface area contributed by atoms with E-state index in [9.17, 15) is 4.79 Å². The van der Waals surface area contributed by atoms with E-state index < -0.39 is 0 Å². The van der Waals surface area contributed by atoms with Crippen molar-refractivity contribution >= 4 is 22.1 Å². The molecule has 0 bridgehead atoms. The molecule has 0 atom stereocenters. The predicted molar refractivity (Wildman–Crippen MR) is 81.2 cm³/mol. The number of aryl methyl sites for hydroxylation is 1. The molecule has 0 fully saturated rings. The Bertz CT molecular complexity index is 870. The van der Waals surface area contributed by atoms with Gasteiger partial charge in [-0.2, -0.15) is 0 Å². The Kier molecular flexibility index (Phi) is 2.68. The first-order chi connectivity index (χ1) is 9.36. The van der Waals surface area contributed by atoms with Gasteiger partial charge in [0, 0.05) is 5.69 Å². The minimum atomic E-state index is -0.0140. The molecular weight excluding hydrogens is 250 g/mol. The highest BCUT2D eigenvalue weighted by Crippen LogP contribution is 2.26. The average Bonchev–Trinajstić information content (AvgIpc) is 2.37. The van der Waals surface area contributed by atoms with Crippen LogP contribution in [0.25, 0.3) is 22.1 Å². The van der Waals surface area contributed by atoms with Crippen LogP contribution < -0.4 is 5.43 Å². The van der Waals surface area contributed by atoms with Gasteiger partial charge in [-0.3, -0.25) is 4.79 Å². The molecule has 0 unspecified atom stereocenters. The summed E-state index contributed by atoms with van der Waals surface area (Å²) < 4.78 is 5.76. The lowest BCUT2D eigenvalue weighted by Crippen LogP contribution is -2.12. The minimum absolute atomic E-state index is 0.00110. The molecule has 1 aromatic carbocycles. The summed E-state index contributed by atoms with van der Waals surface area (Å²) >= 11 is 0. The number of hydrogen-bond acceptors (Lipinski definition) is 3. The number of nitrogens with zero attached hydrogens (tertiary/aromatic N) is 1. The lowest BCUT2D eigenvalue weighted by molar-refractivity contribution is 0.589. The minimum Gasteiger partial charge on any atom is -0.437 e. The molecule has 0 aliphatic heterocycles. The van der Waals surface area contributed by atoms with Gasteiger partial charge < -0.3 is 4.42 Å². The maximum Gasteiger partial charge on any atom is 0.230 e. The highest BCUT2D eigenvalue weighted by molar-refractivity contribution is 5.88. The maximum atomic E-state index is 12.6. The van der Waals surface area contributed by atoms with Gasteiger partial charge >= 0.3 is 0 Å². The van der Waals surface area contributed by atoms with Crippen molar-refractivity contribution in [1.82, 2.24) is 4.98 Å². The van der Waals surface area contributed by atoms with E-state index in [2.05, 4.69) is 25.8 Å². The average molecular weight is 267 g/mol. The van der Waals surface area contributed by atoms with Crippen molar-refractivity contribution in [3.63, 3.8) is 0 Å². The van der Waals surface area contributed by atoms with Gasteiger partial charge in [-0.1, -0.05) is 26.8 Å². The molecule has 0 saturated carbocycles. The normalized spacial score (nSPS) is 12.2. The smallest absolute Gasteiger partial charge is 0.230 e. The Morgan fingerprint density at radius 2 is 1.80 bits per heavy atom. The van der Waals surface area contributed by atoms with Crippen molar-refractivity contribution < 1.29 is 4.42 Å². The highest BCUT2D eigenvalue weighted by atomic mass is 16.3. The van der Waals surface area contributed by atoms with Crippen molar-refractivity contribution in [3.8, 4) is 0 Å². The lowest BCUT2D eigenvalue weighted by Gasteiger charge is -2.19. The van der Waals surface area contributed by atoms with Crippen LogP contribution in [0.15, 0.2) is 39.5 Å². The molecule has 3 rings (SSSR count). The number of fused-ring (bicyclic) bond motifs is 2. The summed E-state index contributed by atoms with van der Waals surface area (Å²) in [4.78, 5) is 16.9. The third-order valence-corrected chi connectivity index (χ3v) is 3.54. The van der Waals surface area contributed by atoms with Gasteiger partial charge in [-0.05, 0) is 42.2 Å². The summed E-state index contributed by atoms with van der Waals surface area (Å²) in [6.45, 7) is 8.26. The first-order valence-corrected chi connectivity index (χ1v) is 6.71. The fraction of sp³-hybridized carbons (Fsp3) is 0.294. The summed E-state index contributed by atoms with van der Waals surface area (Å²) in [5.41, 5.74) is 2.95. The van der Waals surface area contributed by atoms with Crippen LogP contribution in [0.4, 0.5) is 0 Å². The highest BCUT2D eigenvalue weighted by Gasteiger charge is 2.16. The van der Waals surface area contributed by atoms with Gasteiger partial charge in [0.15, 0.2) is 0 Å². The summed E-state index contributed by atoms with van der Waals surface area (Å²) in [6.07, 6.45) is 0. The quantitative estimate of drug-likeness (QED) is 0.579. The zero-order valence-electron chi connectivity index (χ0n) is 12.2. The first kappa shape index (κ1) is 12.9. The topological polar surface area (TPSA) is 43.1 Å². The number of pyridine rings is 1. The Morgan fingerprint density at radius 1 is 1.05 bits per heavy atom. The SMILES string of the molecule is Cc1ccc2c(=O)c3cc(C(C)(C)C)ccc3oc2n1. The Hall–Kier alpha value is -2.16. The monoisotopic (exact) mass is 267 g/mol. The molecule has 3 aromatic rings. The van der Waals surface area contributed by atoms with Crippen molar-refractivity contribution in [2.24, 2.45) is 0 Å². The largest absolute Gasteiger partial charge is 0.437 e. The fourth-order valence-electron chi connectivity index (χ4n) is 2.30. The van der Waals surface area contributed by atoms with E-state index in [1.165, 1.54) is 0 Å². The van der Waals surface area contributed by atoms with E-state index in [1.54, 1.807) is 6.07 Å². The molecule has 2 heterocycles. The summed E-state index contributed by atoms with van der Waals surface area (Å²) in [5.74, 6) is 0. The number of benzene rings is 1. The molecule has 0 spiro atoms. The van der Waals surface area contributed by atoms with Gasteiger partial charge in [0.05, 0.1) is 10.8 Å². The Morgan fingerprint density at radius 3 is 2.50 bits per heavy atom. The second kappa shape index (κ2) is 4.17. The molecule has 3 nitrogen and oxygen atoms in total. The fourth-order valence-corrected chi connectivity index (χ4v) is 2.30. The Balaban J connectivity index is 2.42. The number of hydrogen-bond donors (Lipinski definition) is 0. The van der Waals surface area contributed by atoms with Gasteiger partial charge in [-0.15, -0.1) is 0 Å². The maximum absolute atomic E-state index is 12.6. The van der Waals surface area contributed by atoms with E-state index in [1.807, 2.05) is 31.2 Å². The molecule has 20 heavy (non-hydrogen) atoms. The van der Waals surface area contributed by atoms with Crippen molar-refractivity contribution in [1.29, 1.82) is 0 Å². The van der Waals surface area contributed by atoms with E-state index in [0.717, 1.165) is 11.3 Å². The van der Waals surface area contributed by atoms with E-state index in [0.29, 0.717) is 22.1 Å². The first-order valence-electron chi connectivity index (χ1n) is 6.71. The predicted octanol–water partition coefficient (Wildman–Crippen LogP) is 3.95. The van der Waals surface area contributed by atoms with Crippen LogP contribution in [-0.4, -0.2) is 4.98 Å². The second-order valence-electron chi connectivity index (χ2n) is 6.20. The van der Waals surface area contributed by atoms with Crippen molar-refractivity contribution in [3.05, 3.63) is 51.8 Å². The standard InChI is InChI=1S/C17H17NO2/c1-10-5-7-12-15(19)13-9-11(17(2,3)4)6-8-14(13)20-16(12)18-10/h5-9H,1-4H3. The van der Waals surface area contributed by atoms with Crippen LogP contribution >= 0.6 is 0 Å². The number of aromatic nitrogens is 1. The zero-order valence-corrected chi connectivity index (χ0v) is 12.2. The summed E-state index contributed by atoms with van der Waals surface area (Å²) in [7, 11) is 0. The third-order valence-electron chi connectivity index (χ3n) is 3.54. The summed E-state index contributed by atoms with van der Waals surface area (Å²) in [5, 5.41) is 1.16. The zero-order chi connectivity index (χ0) is 14.5. The van der Waals surface area contributed by atoms with E-state index in [-0.39, 0.29) is 10.8 Å². The van der Waals surface area contributed by atoms with Crippen LogP contribution in [0.5, 0.6) is 0 Å². The Labute approximate surface area is 117 Å². The van der Waals surface area contributed by atoms with Crippen LogP contribution in [0.1, 0.15) is 32.0 Å². The molecular formula is C17H17NO2. The van der Waals surface area contributed by atoms with Gasteiger partial charge in [0.2, 0.25) is 11.1 Å². The summed E-state index contributed by atoms with van der Waals surface area (Å²) in [6, 6.07) is 9.42. The van der Waals surface area contributed by atoms with Crippen molar-refractivity contribution in [2.75, 3.05) is 0 Å². The number of rotatable bonds is 0. The van der Waals surface area contributed by atoms with Gasteiger partial charge in [-0.25, -0.2) is 4.98 Å². The third kappa shape index (κ3) is 1.99. The second-order valence-corrected chi connectivity index (χ2v) is 6.20. The van der Waals surface area contributed by atoms with Gasteiger partial charge in [0.1, 0.15) is 5.58 Å². The van der Waals surface area contributed by atoms with Crippen molar-refractivity contribution in [2.45, 2.75) is 33.1 Å². The van der Waals surface area contributed by atoms with Crippen LogP contribution in [0.2, 0.25) is 0 Å². The van der Waals surface area contributed by atoms with Crippen LogP contribution in [0, 0.1) is 6.92 Å². The van der Waals surface area contributed by atoms with E-state index in [4.69, 9.17) is 4.42 Å². The molecule has 0 aliphatic rings. The molecule has 0 aliphatic carbocycles. The molecule has 2 aromatic heterocycles. The molecule has 0 radical (unpaired) electrons. The molecule has 3 heteroatoms. The molecule has 102 valence electrons. The van der Waals surface area contributed by atoms with Crippen LogP contribution in [0.3, 0.4) is 0 Å². The lowest BCUT2D eigenvalue weighted by atomic mass is 9.86. The van der Waals surface area contributed by atoms with Crippen LogP contribution in [-0.2, 0) is 5.41 Å². The molecule has 0 N–H and O–H groups in total. The molecule has 0 saturated heterocycles.